The Balaban J connectivity index is 1.76. The monoisotopic (exact) mass is 427 g/mol. The number of carbonyl (C=O) groups is 1. The highest BCUT2D eigenvalue weighted by Gasteiger charge is 2.30. The van der Waals surface area contributed by atoms with E-state index in [1.54, 1.807) is 18.2 Å². The van der Waals surface area contributed by atoms with Gasteiger partial charge in [0.25, 0.3) is 0 Å². The van der Waals surface area contributed by atoms with Crippen LogP contribution in [-0.2, 0) is 4.79 Å². The number of likely N-dealkylation sites (tertiary alicyclic amines) is 1. The van der Waals surface area contributed by atoms with E-state index < -0.39 is 0 Å². The number of halogens is 2. The first-order valence-corrected chi connectivity index (χ1v) is 10.7. The van der Waals surface area contributed by atoms with Crippen LogP contribution >= 0.6 is 35.0 Å². The maximum absolute atomic E-state index is 12.9. The third-order valence-corrected chi connectivity index (χ3v) is 6.44. The van der Waals surface area contributed by atoms with Crippen LogP contribution in [0.5, 0.6) is 0 Å². The van der Waals surface area contributed by atoms with Crippen molar-refractivity contribution in [2.75, 3.05) is 12.4 Å². The predicted molar refractivity (Wildman–Crippen MR) is 111 cm³/mol. The first-order chi connectivity index (χ1) is 12.9. The molecular weight excluding hydrogens is 405 g/mol. The van der Waals surface area contributed by atoms with E-state index in [1.165, 1.54) is 22.9 Å². The van der Waals surface area contributed by atoms with E-state index in [9.17, 15) is 4.79 Å². The molecule has 27 heavy (non-hydrogen) atoms. The first-order valence-electron chi connectivity index (χ1n) is 9.05. The molecule has 0 bridgehead atoms. The lowest BCUT2D eigenvalue weighted by molar-refractivity contribution is -0.134. The molecule has 2 heterocycles. The van der Waals surface area contributed by atoms with Crippen molar-refractivity contribution < 1.29 is 4.79 Å². The molecule has 2 atom stereocenters. The fourth-order valence-electron chi connectivity index (χ4n) is 3.37. The zero-order valence-electron chi connectivity index (χ0n) is 15.4. The van der Waals surface area contributed by atoms with E-state index in [4.69, 9.17) is 29.0 Å². The van der Waals surface area contributed by atoms with Gasteiger partial charge >= 0.3 is 0 Å². The number of benzene rings is 1. The van der Waals surface area contributed by atoms with Gasteiger partial charge < -0.3 is 10.7 Å². The molecule has 1 fully saturated rings. The summed E-state index contributed by atoms with van der Waals surface area (Å²) in [5, 5.41) is 9.46. The molecule has 1 aromatic carbocycles. The summed E-state index contributed by atoms with van der Waals surface area (Å²) in [7, 11) is 0. The molecule has 1 aliphatic rings. The van der Waals surface area contributed by atoms with E-state index in [0.29, 0.717) is 32.6 Å². The van der Waals surface area contributed by atoms with Gasteiger partial charge in [-0.15, -0.1) is 10.2 Å². The van der Waals surface area contributed by atoms with Crippen LogP contribution in [0.1, 0.15) is 39.5 Å². The van der Waals surface area contributed by atoms with Crippen LogP contribution in [0.2, 0.25) is 10.0 Å². The van der Waals surface area contributed by atoms with Gasteiger partial charge in [-0.25, -0.2) is 4.68 Å². The SMILES string of the molecule is CCC1CCCCN1C(=O)C(C)Sc1nnc(-c2ccc(Cl)cc2Cl)n1N. The highest BCUT2D eigenvalue weighted by Crippen LogP contribution is 2.32. The quantitative estimate of drug-likeness (QED) is 0.570. The Bertz CT molecular complexity index is 828. The summed E-state index contributed by atoms with van der Waals surface area (Å²) < 4.78 is 1.37. The Kier molecular flexibility index (Phi) is 6.55. The minimum Gasteiger partial charge on any atom is -0.339 e. The molecule has 0 aliphatic carbocycles. The summed E-state index contributed by atoms with van der Waals surface area (Å²) in [4.78, 5) is 14.9. The van der Waals surface area contributed by atoms with Crippen molar-refractivity contribution in [2.45, 2.75) is 56.0 Å². The molecule has 1 saturated heterocycles. The van der Waals surface area contributed by atoms with Crippen LogP contribution in [0.25, 0.3) is 11.4 Å². The molecule has 0 saturated carbocycles. The summed E-state index contributed by atoms with van der Waals surface area (Å²) in [5.74, 6) is 6.74. The van der Waals surface area contributed by atoms with Crippen LogP contribution in [0.3, 0.4) is 0 Å². The van der Waals surface area contributed by atoms with Crippen molar-refractivity contribution >= 4 is 40.9 Å². The molecular formula is C18H23Cl2N5OS. The highest BCUT2D eigenvalue weighted by molar-refractivity contribution is 8.00. The minimum atomic E-state index is -0.294. The lowest BCUT2D eigenvalue weighted by Crippen LogP contribution is -2.46. The lowest BCUT2D eigenvalue weighted by Gasteiger charge is -2.36. The van der Waals surface area contributed by atoms with Crippen molar-refractivity contribution in [1.29, 1.82) is 0 Å². The van der Waals surface area contributed by atoms with Gasteiger partial charge in [0.1, 0.15) is 0 Å². The van der Waals surface area contributed by atoms with Crippen molar-refractivity contribution in [2.24, 2.45) is 0 Å². The number of carbonyl (C=O) groups excluding carboxylic acids is 1. The average Bonchev–Trinajstić information content (AvgIpc) is 3.01. The molecule has 2 aromatic rings. The molecule has 1 aromatic heterocycles. The van der Waals surface area contributed by atoms with Crippen LogP contribution in [0.4, 0.5) is 0 Å². The van der Waals surface area contributed by atoms with Crippen LogP contribution in [0, 0.1) is 0 Å². The van der Waals surface area contributed by atoms with Gasteiger partial charge in [-0.1, -0.05) is 41.9 Å². The zero-order valence-corrected chi connectivity index (χ0v) is 17.7. The number of thioether (sulfide) groups is 1. The maximum atomic E-state index is 12.9. The third-order valence-electron chi connectivity index (χ3n) is 4.85. The Morgan fingerprint density at radius 1 is 1.37 bits per heavy atom. The summed E-state index contributed by atoms with van der Waals surface area (Å²) in [6.07, 6.45) is 4.30. The fourth-order valence-corrected chi connectivity index (χ4v) is 4.70. The summed E-state index contributed by atoms with van der Waals surface area (Å²) in [5.41, 5.74) is 0.643. The summed E-state index contributed by atoms with van der Waals surface area (Å²) in [6, 6.07) is 5.43. The lowest BCUT2D eigenvalue weighted by atomic mass is 10.00. The first kappa shape index (κ1) is 20.3. The molecule has 146 valence electrons. The normalized spacial score (nSPS) is 18.5. The molecule has 1 amide bonds. The number of nitrogens with zero attached hydrogens (tertiary/aromatic N) is 4. The Labute approximate surface area is 173 Å². The second-order valence-electron chi connectivity index (χ2n) is 6.65. The molecule has 1 aliphatic heterocycles. The third kappa shape index (κ3) is 4.36. The van der Waals surface area contributed by atoms with Gasteiger partial charge in [0.05, 0.1) is 10.3 Å². The van der Waals surface area contributed by atoms with Gasteiger partial charge in [-0.2, -0.15) is 0 Å². The topological polar surface area (TPSA) is 77.0 Å². The summed E-state index contributed by atoms with van der Waals surface area (Å²) in [6.45, 7) is 4.84. The van der Waals surface area contributed by atoms with E-state index in [-0.39, 0.29) is 11.2 Å². The number of aromatic nitrogens is 3. The number of hydrogen-bond donors (Lipinski definition) is 1. The van der Waals surface area contributed by atoms with Crippen LogP contribution < -0.4 is 5.84 Å². The van der Waals surface area contributed by atoms with Gasteiger partial charge in [-0.05, 0) is 50.8 Å². The number of nitrogen functional groups attached to an aromatic ring is 1. The smallest absolute Gasteiger partial charge is 0.236 e. The number of piperidine rings is 1. The van der Waals surface area contributed by atoms with Crippen LogP contribution in [0.15, 0.2) is 23.4 Å². The van der Waals surface area contributed by atoms with Crippen molar-refractivity contribution in [1.82, 2.24) is 19.8 Å². The molecule has 3 rings (SSSR count). The maximum Gasteiger partial charge on any atom is 0.236 e. The number of rotatable bonds is 5. The van der Waals surface area contributed by atoms with Gasteiger partial charge in [0.15, 0.2) is 5.82 Å². The second kappa shape index (κ2) is 8.71. The number of amides is 1. The zero-order chi connectivity index (χ0) is 19.6. The van der Waals surface area contributed by atoms with E-state index in [2.05, 4.69) is 17.1 Å². The molecule has 6 nitrogen and oxygen atoms in total. The molecule has 2 unspecified atom stereocenters. The van der Waals surface area contributed by atoms with E-state index in [0.717, 1.165) is 25.8 Å². The fraction of sp³-hybridized carbons (Fsp3) is 0.500. The number of nitrogens with two attached hydrogens (primary N) is 1. The van der Waals surface area contributed by atoms with Crippen LogP contribution in [-0.4, -0.2) is 43.5 Å². The molecule has 0 spiro atoms. The van der Waals surface area contributed by atoms with Crippen molar-refractivity contribution in [3.8, 4) is 11.4 Å². The standard InChI is InChI=1S/C18H23Cl2N5OS/c1-3-13-6-4-5-9-24(13)17(26)11(2)27-18-23-22-16(25(18)21)14-8-7-12(19)10-15(14)20/h7-8,10-11,13H,3-6,9,21H2,1-2H3. The molecule has 0 radical (unpaired) electrons. The minimum absolute atomic E-state index is 0.126. The Hall–Kier alpha value is -1.44. The Morgan fingerprint density at radius 3 is 2.85 bits per heavy atom. The molecule has 9 heteroatoms. The van der Waals surface area contributed by atoms with Gasteiger partial charge in [-0.3, -0.25) is 4.79 Å². The van der Waals surface area contributed by atoms with Gasteiger partial charge in [0.2, 0.25) is 11.1 Å². The molecule has 2 N–H and O–H groups in total. The average molecular weight is 428 g/mol. The van der Waals surface area contributed by atoms with E-state index in [1.807, 2.05) is 11.8 Å². The largest absolute Gasteiger partial charge is 0.339 e. The van der Waals surface area contributed by atoms with Crippen molar-refractivity contribution in [3.63, 3.8) is 0 Å². The van der Waals surface area contributed by atoms with Gasteiger partial charge in [0, 0.05) is 23.2 Å². The Morgan fingerprint density at radius 2 is 2.15 bits per heavy atom. The van der Waals surface area contributed by atoms with E-state index >= 15 is 0 Å². The van der Waals surface area contributed by atoms with Crippen molar-refractivity contribution in [3.05, 3.63) is 28.2 Å². The number of hydrogen-bond acceptors (Lipinski definition) is 5. The highest BCUT2D eigenvalue weighted by atomic mass is 35.5. The predicted octanol–water partition coefficient (Wildman–Crippen LogP) is 4.24. The second-order valence-corrected chi connectivity index (χ2v) is 8.80. The summed E-state index contributed by atoms with van der Waals surface area (Å²) >= 11 is 13.5.